The van der Waals surface area contributed by atoms with Crippen molar-refractivity contribution in [2.45, 2.75) is 70.4 Å². The fourth-order valence-electron chi connectivity index (χ4n) is 2.72. The van der Waals surface area contributed by atoms with Gasteiger partial charge in [0.25, 0.3) is 0 Å². The van der Waals surface area contributed by atoms with Gasteiger partial charge in [0.05, 0.1) is 12.7 Å². The maximum atomic E-state index is 11.5. The van der Waals surface area contributed by atoms with E-state index >= 15 is 0 Å². The molecule has 5 nitrogen and oxygen atoms in total. The van der Waals surface area contributed by atoms with E-state index in [1.807, 2.05) is 13.8 Å². The summed E-state index contributed by atoms with van der Waals surface area (Å²) < 4.78 is 11.3. The Morgan fingerprint density at radius 2 is 2.24 bits per heavy atom. The Hall–Kier alpha value is -0.650. The Kier molecular flexibility index (Phi) is 8.88. The van der Waals surface area contributed by atoms with Gasteiger partial charge in [-0.1, -0.05) is 13.8 Å². The van der Waals surface area contributed by atoms with Crippen LogP contribution >= 0.6 is 0 Å². The molecule has 5 heteroatoms. The minimum atomic E-state index is -0.805. The number of nitrogens with one attached hydrogen (secondary N) is 1. The van der Waals surface area contributed by atoms with Crippen LogP contribution in [0.2, 0.25) is 0 Å². The second-order valence-corrected chi connectivity index (χ2v) is 5.83. The number of ether oxygens (including phenoxy) is 2. The van der Waals surface area contributed by atoms with E-state index in [4.69, 9.17) is 9.47 Å². The summed E-state index contributed by atoms with van der Waals surface area (Å²) in [4.78, 5) is 11.5. The average Bonchev–Trinajstić information content (AvgIpc) is 2.51. The summed E-state index contributed by atoms with van der Waals surface area (Å²) in [5.74, 6) is -0.755. The monoisotopic (exact) mass is 301 g/mol. The largest absolute Gasteiger partial charge is 0.480 e. The summed E-state index contributed by atoms with van der Waals surface area (Å²) in [7, 11) is 0. The summed E-state index contributed by atoms with van der Waals surface area (Å²) in [5.41, 5.74) is -0.805. The minimum Gasteiger partial charge on any atom is -0.480 e. The smallest absolute Gasteiger partial charge is 0.323 e. The van der Waals surface area contributed by atoms with E-state index in [1.165, 1.54) is 6.42 Å². The molecule has 21 heavy (non-hydrogen) atoms. The van der Waals surface area contributed by atoms with Gasteiger partial charge in [-0.05, 0) is 51.5 Å². The Bertz CT molecular complexity index is 292. The van der Waals surface area contributed by atoms with Crippen LogP contribution in [-0.2, 0) is 14.3 Å². The van der Waals surface area contributed by atoms with Crippen LogP contribution in [0, 0.1) is 0 Å². The van der Waals surface area contributed by atoms with Crippen LogP contribution in [0.5, 0.6) is 0 Å². The summed E-state index contributed by atoms with van der Waals surface area (Å²) >= 11 is 0. The zero-order valence-corrected chi connectivity index (χ0v) is 13.5. The zero-order valence-electron chi connectivity index (χ0n) is 13.5. The molecule has 0 aromatic heterocycles. The van der Waals surface area contributed by atoms with Crippen molar-refractivity contribution in [3.63, 3.8) is 0 Å². The van der Waals surface area contributed by atoms with E-state index < -0.39 is 11.5 Å². The van der Waals surface area contributed by atoms with E-state index in [-0.39, 0.29) is 6.10 Å². The zero-order chi connectivity index (χ0) is 15.6. The van der Waals surface area contributed by atoms with Crippen LogP contribution in [-0.4, -0.2) is 49.1 Å². The van der Waals surface area contributed by atoms with Crippen molar-refractivity contribution in [1.29, 1.82) is 0 Å². The van der Waals surface area contributed by atoms with Crippen LogP contribution in [0.25, 0.3) is 0 Å². The number of rotatable bonds is 11. The Labute approximate surface area is 128 Å². The van der Waals surface area contributed by atoms with Gasteiger partial charge in [-0.15, -0.1) is 0 Å². The highest BCUT2D eigenvalue weighted by Crippen LogP contribution is 2.19. The number of carbonyl (C=O) groups is 1. The molecule has 0 spiro atoms. The summed E-state index contributed by atoms with van der Waals surface area (Å²) in [6, 6.07) is 0. The van der Waals surface area contributed by atoms with Crippen molar-refractivity contribution in [3.8, 4) is 0 Å². The first kappa shape index (κ1) is 18.4. The maximum Gasteiger partial charge on any atom is 0.323 e. The molecule has 1 saturated heterocycles. The third-order valence-corrected chi connectivity index (χ3v) is 4.20. The second-order valence-electron chi connectivity index (χ2n) is 5.83. The maximum absolute atomic E-state index is 11.5. The lowest BCUT2D eigenvalue weighted by atomic mass is 9.90. The fraction of sp³-hybridized carbons (Fsp3) is 0.938. The predicted octanol–water partition coefficient (Wildman–Crippen LogP) is 2.59. The molecule has 0 aromatic carbocycles. The van der Waals surface area contributed by atoms with Crippen molar-refractivity contribution in [2.24, 2.45) is 0 Å². The molecular weight excluding hydrogens is 270 g/mol. The van der Waals surface area contributed by atoms with E-state index in [9.17, 15) is 9.90 Å². The van der Waals surface area contributed by atoms with Crippen molar-refractivity contribution >= 4 is 5.97 Å². The number of aliphatic carboxylic acids is 1. The molecule has 0 amide bonds. The SMILES string of the molecule is CCCNC(CC)(CCCOCC1CCCCO1)C(=O)O. The predicted molar refractivity (Wildman–Crippen MR) is 82.6 cm³/mol. The van der Waals surface area contributed by atoms with Gasteiger partial charge in [0.15, 0.2) is 0 Å². The van der Waals surface area contributed by atoms with Gasteiger partial charge >= 0.3 is 5.97 Å². The van der Waals surface area contributed by atoms with E-state index in [0.29, 0.717) is 26.1 Å². The molecule has 0 aliphatic carbocycles. The summed E-state index contributed by atoms with van der Waals surface area (Å²) in [6.45, 7) is 6.77. The Morgan fingerprint density at radius 1 is 1.43 bits per heavy atom. The molecule has 0 radical (unpaired) electrons. The van der Waals surface area contributed by atoms with Crippen molar-refractivity contribution in [1.82, 2.24) is 5.32 Å². The molecule has 1 rings (SSSR count). The Balaban J connectivity index is 2.24. The molecule has 0 saturated carbocycles. The highest BCUT2D eigenvalue weighted by Gasteiger charge is 2.35. The van der Waals surface area contributed by atoms with Crippen LogP contribution in [0.4, 0.5) is 0 Å². The average molecular weight is 301 g/mol. The highest BCUT2D eigenvalue weighted by atomic mass is 16.5. The lowest BCUT2D eigenvalue weighted by molar-refractivity contribution is -0.145. The van der Waals surface area contributed by atoms with Crippen molar-refractivity contribution in [3.05, 3.63) is 0 Å². The molecular formula is C16H31NO4. The lowest BCUT2D eigenvalue weighted by Crippen LogP contribution is -2.52. The summed E-state index contributed by atoms with van der Waals surface area (Å²) in [6.07, 6.45) is 6.55. The van der Waals surface area contributed by atoms with Crippen molar-refractivity contribution in [2.75, 3.05) is 26.4 Å². The van der Waals surface area contributed by atoms with Gasteiger partial charge in [-0.25, -0.2) is 0 Å². The van der Waals surface area contributed by atoms with Crippen LogP contribution < -0.4 is 5.32 Å². The van der Waals surface area contributed by atoms with E-state index in [0.717, 1.165) is 38.8 Å². The van der Waals surface area contributed by atoms with Gasteiger partial charge in [0.2, 0.25) is 0 Å². The van der Waals surface area contributed by atoms with Gasteiger partial charge in [0.1, 0.15) is 5.54 Å². The molecule has 0 bridgehead atoms. The molecule has 2 atom stereocenters. The Morgan fingerprint density at radius 3 is 2.81 bits per heavy atom. The molecule has 1 heterocycles. The normalized spacial score (nSPS) is 21.9. The quantitative estimate of drug-likeness (QED) is 0.574. The highest BCUT2D eigenvalue weighted by molar-refractivity contribution is 5.78. The number of carboxylic acid groups (broad SMARTS) is 1. The van der Waals surface area contributed by atoms with E-state index in [2.05, 4.69) is 5.32 Å². The molecule has 2 N–H and O–H groups in total. The summed E-state index contributed by atoms with van der Waals surface area (Å²) in [5, 5.41) is 12.7. The third kappa shape index (κ3) is 6.32. The molecule has 124 valence electrons. The van der Waals surface area contributed by atoms with Crippen LogP contribution in [0.3, 0.4) is 0 Å². The van der Waals surface area contributed by atoms with Crippen LogP contribution in [0.1, 0.15) is 58.8 Å². The van der Waals surface area contributed by atoms with Gasteiger partial charge in [0, 0.05) is 13.2 Å². The molecule has 2 unspecified atom stereocenters. The number of hydrogen-bond donors (Lipinski definition) is 2. The molecule has 1 aliphatic heterocycles. The first-order valence-electron chi connectivity index (χ1n) is 8.32. The first-order chi connectivity index (χ1) is 10.1. The first-order valence-corrected chi connectivity index (χ1v) is 8.32. The van der Waals surface area contributed by atoms with Crippen molar-refractivity contribution < 1.29 is 19.4 Å². The van der Waals surface area contributed by atoms with Gasteiger partial charge in [-0.2, -0.15) is 0 Å². The second kappa shape index (κ2) is 10.1. The third-order valence-electron chi connectivity index (χ3n) is 4.20. The van der Waals surface area contributed by atoms with Gasteiger partial charge in [-0.3, -0.25) is 4.79 Å². The standard InChI is InChI=1S/C16H31NO4/c1-3-10-17-16(4-2,15(18)19)9-7-11-20-13-14-8-5-6-12-21-14/h14,17H,3-13H2,1-2H3,(H,18,19). The molecule has 1 fully saturated rings. The topological polar surface area (TPSA) is 67.8 Å². The molecule has 0 aromatic rings. The lowest BCUT2D eigenvalue weighted by Gasteiger charge is -2.29. The van der Waals surface area contributed by atoms with Crippen LogP contribution in [0.15, 0.2) is 0 Å². The molecule has 1 aliphatic rings. The van der Waals surface area contributed by atoms with E-state index in [1.54, 1.807) is 0 Å². The number of hydrogen-bond acceptors (Lipinski definition) is 4. The van der Waals surface area contributed by atoms with Gasteiger partial charge < -0.3 is 19.9 Å². The minimum absolute atomic E-state index is 0.229. The number of carboxylic acids is 1. The fourth-order valence-corrected chi connectivity index (χ4v) is 2.72.